The molecule has 1 heterocycles. The van der Waals surface area contributed by atoms with Crippen LogP contribution in [0, 0.1) is 6.92 Å². The van der Waals surface area contributed by atoms with Gasteiger partial charge in [-0.15, -0.1) is 0 Å². The maximum Gasteiger partial charge on any atom is 0.126 e. The van der Waals surface area contributed by atoms with Crippen molar-refractivity contribution in [2.24, 2.45) is 0 Å². The SMILES string of the molecule is [CH2]Cc1cnoc1. The Morgan fingerprint density at radius 3 is 3.00 bits per heavy atom. The minimum Gasteiger partial charge on any atom is -0.364 e. The normalized spacial score (nSPS) is 9.29. The molecule has 0 saturated heterocycles. The molecule has 0 N–H and O–H groups in total. The predicted molar refractivity (Wildman–Crippen MR) is 25.6 cm³/mol. The van der Waals surface area contributed by atoms with Crippen molar-refractivity contribution in [1.82, 2.24) is 5.16 Å². The molecule has 0 atom stereocenters. The van der Waals surface area contributed by atoms with Crippen molar-refractivity contribution in [3.8, 4) is 0 Å². The van der Waals surface area contributed by atoms with E-state index >= 15 is 0 Å². The number of nitrogens with zero attached hydrogens (tertiary/aromatic N) is 1. The average Bonchev–Trinajstić information content (AvgIpc) is 2.14. The van der Waals surface area contributed by atoms with Crippen molar-refractivity contribution in [2.45, 2.75) is 6.42 Å². The molecule has 0 aromatic carbocycles. The zero-order chi connectivity index (χ0) is 5.11. The zero-order valence-corrected chi connectivity index (χ0v) is 3.92. The molecule has 0 fully saturated rings. The van der Waals surface area contributed by atoms with Gasteiger partial charge in [0.05, 0.1) is 6.20 Å². The summed E-state index contributed by atoms with van der Waals surface area (Å²) >= 11 is 0. The maximum absolute atomic E-state index is 4.52. The summed E-state index contributed by atoms with van der Waals surface area (Å²) in [6.07, 6.45) is 4.00. The highest BCUT2D eigenvalue weighted by Gasteiger charge is 1.85. The maximum atomic E-state index is 4.52. The van der Waals surface area contributed by atoms with E-state index in [1.54, 1.807) is 12.5 Å². The van der Waals surface area contributed by atoms with Crippen LogP contribution in [0.25, 0.3) is 0 Å². The Morgan fingerprint density at radius 2 is 2.71 bits per heavy atom. The van der Waals surface area contributed by atoms with Gasteiger partial charge in [-0.1, -0.05) is 5.16 Å². The molecule has 0 unspecified atom stereocenters. The quantitative estimate of drug-likeness (QED) is 0.522. The Kier molecular flexibility index (Phi) is 1.11. The largest absolute Gasteiger partial charge is 0.364 e. The van der Waals surface area contributed by atoms with E-state index in [9.17, 15) is 0 Å². The molecule has 2 nitrogen and oxygen atoms in total. The molecular weight excluding hydrogens is 90.1 g/mol. The molecule has 0 aliphatic rings. The van der Waals surface area contributed by atoms with Crippen LogP contribution in [-0.2, 0) is 6.42 Å². The Hall–Kier alpha value is -0.790. The molecular formula is C5H6NO. The highest BCUT2D eigenvalue weighted by atomic mass is 16.5. The fourth-order valence-corrected chi connectivity index (χ4v) is 0.350. The molecule has 2 heteroatoms. The first kappa shape index (κ1) is 4.37. The van der Waals surface area contributed by atoms with E-state index in [0.29, 0.717) is 0 Å². The predicted octanol–water partition coefficient (Wildman–Crippen LogP) is 1.05. The van der Waals surface area contributed by atoms with Crippen LogP contribution in [0.15, 0.2) is 17.0 Å². The third-order valence-electron chi connectivity index (χ3n) is 0.772. The molecule has 1 aromatic heterocycles. The summed E-state index contributed by atoms with van der Waals surface area (Å²) in [4.78, 5) is 0. The van der Waals surface area contributed by atoms with Crippen molar-refractivity contribution < 1.29 is 4.52 Å². The van der Waals surface area contributed by atoms with E-state index < -0.39 is 0 Å². The molecule has 0 spiro atoms. The molecule has 0 aliphatic carbocycles. The van der Waals surface area contributed by atoms with Crippen molar-refractivity contribution in [3.05, 3.63) is 24.9 Å². The summed E-state index contributed by atoms with van der Waals surface area (Å²) in [5.41, 5.74) is 1.04. The second-order valence-electron chi connectivity index (χ2n) is 1.28. The number of rotatable bonds is 1. The number of hydrogen-bond acceptors (Lipinski definition) is 2. The molecule has 1 rings (SSSR count). The van der Waals surface area contributed by atoms with Crippen LogP contribution >= 0.6 is 0 Å². The first-order chi connectivity index (χ1) is 3.43. The lowest BCUT2D eigenvalue weighted by atomic mass is 10.3. The third-order valence-corrected chi connectivity index (χ3v) is 0.772. The molecule has 7 heavy (non-hydrogen) atoms. The highest BCUT2D eigenvalue weighted by molar-refractivity contribution is 5.00. The van der Waals surface area contributed by atoms with Crippen molar-refractivity contribution >= 4 is 0 Å². The monoisotopic (exact) mass is 96.0 g/mol. The Morgan fingerprint density at radius 1 is 1.86 bits per heavy atom. The van der Waals surface area contributed by atoms with Crippen LogP contribution in [-0.4, -0.2) is 5.16 Å². The van der Waals surface area contributed by atoms with E-state index in [2.05, 4.69) is 16.6 Å². The van der Waals surface area contributed by atoms with Gasteiger partial charge in [0.15, 0.2) is 0 Å². The van der Waals surface area contributed by atoms with E-state index in [4.69, 9.17) is 0 Å². The fraction of sp³-hybridized carbons (Fsp3) is 0.200. The summed E-state index contributed by atoms with van der Waals surface area (Å²) in [6.45, 7) is 3.63. The lowest BCUT2D eigenvalue weighted by Gasteiger charge is -1.74. The van der Waals surface area contributed by atoms with Crippen LogP contribution in [0.1, 0.15) is 5.56 Å². The van der Waals surface area contributed by atoms with Crippen LogP contribution in [0.5, 0.6) is 0 Å². The summed E-state index contributed by atoms with van der Waals surface area (Å²) in [7, 11) is 0. The first-order valence-corrected chi connectivity index (χ1v) is 2.11. The first-order valence-electron chi connectivity index (χ1n) is 2.11. The van der Waals surface area contributed by atoms with E-state index in [-0.39, 0.29) is 0 Å². The van der Waals surface area contributed by atoms with Crippen LogP contribution < -0.4 is 0 Å². The molecule has 1 radical (unpaired) electrons. The van der Waals surface area contributed by atoms with Gasteiger partial charge < -0.3 is 4.52 Å². The van der Waals surface area contributed by atoms with Crippen molar-refractivity contribution in [1.29, 1.82) is 0 Å². The molecule has 0 saturated carbocycles. The summed E-state index contributed by atoms with van der Waals surface area (Å²) in [5, 5.41) is 3.48. The summed E-state index contributed by atoms with van der Waals surface area (Å²) in [6, 6.07) is 0. The molecule has 0 amide bonds. The smallest absolute Gasteiger partial charge is 0.126 e. The standard InChI is InChI=1S/C5H6NO/c1-2-5-3-6-7-4-5/h3-4H,1-2H2. The van der Waals surface area contributed by atoms with Crippen LogP contribution in [0.4, 0.5) is 0 Å². The number of aromatic nitrogens is 1. The van der Waals surface area contributed by atoms with Gasteiger partial charge >= 0.3 is 0 Å². The van der Waals surface area contributed by atoms with Crippen molar-refractivity contribution in [2.75, 3.05) is 0 Å². The van der Waals surface area contributed by atoms with Gasteiger partial charge in [0, 0.05) is 5.56 Å². The summed E-state index contributed by atoms with van der Waals surface area (Å²) < 4.78 is 4.52. The molecule has 37 valence electrons. The van der Waals surface area contributed by atoms with Gasteiger partial charge in [-0.05, 0) is 13.3 Å². The summed E-state index contributed by atoms with van der Waals surface area (Å²) in [5.74, 6) is 0. The Labute approximate surface area is 42.1 Å². The van der Waals surface area contributed by atoms with Crippen LogP contribution in [0.2, 0.25) is 0 Å². The molecule has 1 aromatic rings. The zero-order valence-electron chi connectivity index (χ0n) is 3.92. The van der Waals surface area contributed by atoms with E-state index in [1.165, 1.54) is 0 Å². The number of hydrogen-bond donors (Lipinski definition) is 0. The van der Waals surface area contributed by atoms with Gasteiger partial charge in [0.2, 0.25) is 0 Å². The Balaban J connectivity index is 2.76. The lowest BCUT2D eigenvalue weighted by Crippen LogP contribution is -1.68. The topological polar surface area (TPSA) is 26.0 Å². The molecule has 0 aliphatic heterocycles. The van der Waals surface area contributed by atoms with Gasteiger partial charge in [0.25, 0.3) is 0 Å². The van der Waals surface area contributed by atoms with E-state index in [0.717, 1.165) is 12.0 Å². The fourth-order valence-electron chi connectivity index (χ4n) is 0.350. The second-order valence-corrected chi connectivity index (χ2v) is 1.28. The highest BCUT2D eigenvalue weighted by Crippen LogP contribution is 1.94. The third kappa shape index (κ3) is 0.796. The Bertz CT molecular complexity index is 123. The second kappa shape index (κ2) is 1.78. The van der Waals surface area contributed by atoms with Gasteiger partial charge in [-0.2, -0.15) is 0 Å². The minimum absolute atomic E-state index is 0.753. The van der Waals surface area contributed by atoms with E-state index in [1.807, 2.05) is 0 Å². The molecule has 0 bridgehead atoms. The lowest BCUT2D eigenvalue weighted by molar-refractivity contribution is 0.419. The van der Waals surface area contributed by atoms with Crippen molar-refractivity contribution in [3.63, 3.8) is 0 Å². The van der Waals surface area contributed by atoms with Crippen LogP contribution in [0.3, 0.4) is 0 Å². The van der Waals surface area contributed by atoms with Gasteiger partial charge in [0.1, 0.15) is 6.26 Å². The average molecular weight is 96.1 g/mol. The van der Waals surface area contributed by atoms with Gasteiger partial charge in [-0.3, -0.25) is 0 Å². The van der Waals surface area contributed by atoms with Gasteiger partial charge in [-0.25, -0.2) is 0 Å². The minimum atomic E-state index is 0.753.